The number of rotatable bonds is 5. The smallest absolute Gasteiger partial charge is 0.344 e. The third-order valence-electron chi connectivity index (χ3n) is 4.64. The molecule has 0 saturated carbocycles. The normalized spacial score (nSPS) is 13.1. The van der Waals surface area contributed by atoms with Crippen LogP contribution in [0.5, 0.6) is 0 Å². The summed E-state index contributed by atoms with van der Waals surface area (Å²) >= 11 is 0. The number of alkyl halides is 3. The highest BCUT2D eigenvalue weighted by Gasteiger charge is 2.30. The summed E-state index contributed by atoms with van der Waals surface area (Å²) in [6.07, 6.45) is -3.39. The Bertz CT molecular complexity index is 1260. The number of amides is 1. The SMILES string of the molecule is Cc1cc([C@H](C)NC(=O)c2ccc3cc(C(F)(F)F)ccc3n2)ccc1NS(C)(=O)=O. The monoisotopic (exact) mass is 451 g/mol. The molecule has 0 aliphatic carbocycles. The molecule has 0 bridgehead atoms. The minimum Gasteiger partial charge on any atom is -0.344 e. The number of benzene rings is 2. The van der Waals surface area contributed by atoms with E-state index in [2.05, 4.69) is 15.0 Å². The molecule has 0 aliphatic heterocycles. The molecule has 2 N–H and O–H groups in total. The lowest BCUT2D eigenvalue weighted by molar-refractivity contribution is -0.137. The van der Waals surface area contributed by atoms with Gasteiger partial charge in [0.05, 0.1) is 29.1 Å². The summed E-state index contributed by atoms with van der Waals surface area (Å²) in [5, 5.41) is 3.07. The predicted molar refractivity (Wildman–Crippen MR) is 112 cm³/mol. The topological polar surface area (TPSA) is 88.2 Å². The molecule has 0 aliphatic rings. The highest BCUT2D eigenvalue weighted by Crippen LogP contribution is 2.31. The molecule has 1 aromatic heterocycles. The Morgan fingerprint density at radius 1 is 1.06 bits per heavy atom. The number of pyridine rings is 1. The molecule has 1 amide bonds. The molecule has 3 rings (SSSR count). The van der Waals surface area contributed by atoms with Gasteiger partial charge in [-0.2, -0.15) is 13.2 Å². The number of carbonyl (C=O) groups excluding carboxylic acids is 1. The van der Waals surface area contributed by atoms with Crippen molar-refractivity contribution in [3.05, 3.63) is 70.9 Å². The molecular formula is C21H20F3N3O3S. The van der Waals surface area contributed by atoms with E-state index in [9.17, 15) is 26.4 Å². The minimum absolute atomic E-state index is 0.0752. The first kappa shape index (κ1) is 22.5. The van der Waals surface area contributed by atoms with E-state index in [1.807, 2.05) is 0 Å². The van der Waals surface area contributed by atoms with Gasteiger partial charge in [0.15, 0.2) is 0 Å². The number of nitrogens with zero attached hydrogens (tertiary/aromatic N) is 1. The van der Waals surface area contributed by atoms with Gasteiger partial charge in [-0.3, -0.25) is 9.52 Å². The van der Waals surface area contributed by atoms with Crippen LogP contribution >= 0.6 is 0 Å². The summed E-state index contributed by atoms with van der Waals surface area (Å²) in [5.74, 6) is -0.481. The van der Waals surface area contributed by atoms with Crippen molar-refractivity contribution in [1.82, 2.24) is 10.3 Å². The Morgan fingerprint density at radius 3 is 2.39 bits per heavy atom. The van der Waals surface area contributed by atoms with Crippen molar-refractivity contribution >= 4 is 32.5 Å². The van der Waals surface area contributed by atoms with Crippen LogP contribution in [0.25, 0.3) is 10.9 Å². The summed E-state index contributed by atoms with van der Waals surface area (Å²) < 4.78 is 63.8. The van der Waals surface area contributed by atoms with E-state index in [1.165, 1.54) is 18.2 Å². The number of aromatic nitrogens is 1. The number of hydrogen-bond donors (Lipinski definition) is 2. The van der Waals surface area contributed by atoms with Gasteiger partial charge in [-0.25, -0.2) is 13.4 Å². The Balaban J connectivity index is 1.77. The van der Waals surface area contributed by atoms with Gasteiger partial charge in [0, 0.05) is 5.39 Å². The fraction of sp³-hybridized carbons (Fsp3) is 0.238. The lowest BCUT2D eigenvalue weighted by Gasteiger charge is -2.16. The van der Waals surface area contributed by atoms with Crippen molar-refractivity contribution in [2.75, 3.05) is 11.0 Å². The second-order valence-corrected chi connectivity index (χ2v) is 8.99. The summed E-state index contributed by atoms with van der Waals surface area (Å²) in [6.45, 7) is 3.50. The Labute approximate surface area is 177 Å². The third-order valence-corrected chi connectivity index (χ3v) is 5.23. The standard InChI is InChI=1S/C21H20F3N3O3S/c1-12-10-14(4-7-17(12)27-31(3,29)30)13(2)25-20(28)19-8-5-15-11-16(21(22,23)24)6-9-18(15)26-19/h4-11,13,27H,1-3H3,(H,25,28)/t13-/m0/s1. The van der Waals surface area contributed by atoms with E-state index < -0.39 is 33.7 Å². The van der Waals surface area contributed by atoms with Crippen LogP contribution < -0.4 is 10.0 Å². The zero-order valence-corrected chi connectivity index (χ0v) is 17.7. The molecule has 0 unspecified atom stereocenters. The van der Waals surface area contributed by atoms with E-state index in [4.69, 9.17) is 0 Å². The largest absolute Gasteiger partial charge is 0.416 e. The molecule has 0 radical (unpaired) electrons. The number of nitrogens with one attached hydrogen (secondary N) is 2. The highest BCUT2D eigenvalue weighted by molar-refractivity contribution is 7.92. The average molecular weight is 451 g/mol. The summed E-state index contributed by atoms with van der Waals surface area (Å²) in [6, 6.07) is 10.6. The van der Waals surface area contributed by atoms with Crippen LogP contribution in [0.4, 0.5) is 18.9 Å². The van der Waals surface area contributed by atoms with Crippen molar-refractivity contribution in [3.63, 3.8) is 0 Å². The minimum atomic E-state index is -4.45. The maximum atomic E-state index is 12.8. The van der Waals surface area contributed by atoms with E-state index >= 15 is 0 Å². The molecule has 3 aromatic rings. The van der Waals surface area contributed by atoms with Crippen molar-refractivity contribution in [1.29, 1.82) is 0 Å². The summed E-state index contributed by atoms with van der Waals surface area (Å²) in [4.78, 5) is 16.8. The molecular weight excluding hydrogens is 431 g/mol. The number of hydrogen-bond acceptors (Lipinski definition) is 4. The second kappa shape index (κ2) is 8.18. The van der Waals surface area contributed by atoms with E-state index in [0.717, 1.165) is 24.0 Å². The van der Waals surface area contributed by atoms with Gasteiger partial charge in [-0.05, 0) is 55.3 Å². The first-order chi connectivity index (χ1) is 14.3. The first-order valence-corrected chi connectivity index (χ1v) is 11.1. The molecule has 31 heavy (non-hydrogen) atoms. The van der Waals surface area contributed by atoms with Crippen LogP contribution in [0.2, 0.25) is 0 Å². The van der Waals surface area contributed by atoms with Gasteiger partial charge < -0.3 is 5.32 Å². The van der Waals surface area contributed by atoms with Gasteiger partial charge in [-0.15, -0.1) is 0 Å². The molecule has 2 aromatic carbocycles. The maximum absolute atomic E-state index is 12.8. The number of anilines is 1. The number of aryl methyl sites for hydroxylation is 1. The Kier molecular flexibility index (Phi) is 5.95. The van der Waals surface area contributed by atoms with Crippen LogP contribution in [-0.2, 0) is 16.2 Å². The van der Waals surface area contributed by atoms with Gasteiger partial charge in [0.25, 0.3) is 5.91 Å². The van der Waals surface area contributed by atoms with Crippen molar-refractivity contribution in [2.45, 2.75) is 26.1 Å². The molecule has 0 saturated heterocycles. The van der Waals surface area contributed by atoms with Crippen molar-refractivity contribution < 1.29 is 26.4 Å². The molecule has 1 atom stereocenters. The molecule has 10 heteroatoms. The summed E-state index contributed by atoms with van der Waals surface area (Å²) in [7, 11) is -3.41. The van der Waals surface area contributed by atoms with Gasteiger partial charge in [-0.1, -0.05) is 18.2 Å². The molecule has 0 spiro atoms. The molecule has 1 heterocycles. The fourth-order valence-electron chi connectivity index (χ4n) is 3.05. The van der Waals surface area contributed by atoms with Gasteiger partial charge in [0.2, 0.25) is 10.0 Å². The maximum Gasteiger partial charge on any atom is 0.416 e. The second-order valence-electron chi connectivity index (χ2n) is 7.25. The lowest BCUT2D eigenvalue weighted by atomic mass is 10.0. The average Bonchev–Trinajstić information content (AvgIpc) is 2.66. The number of sulfonamides is 1. The van der Waals surface area contributed by atoms with Crippen LogP contribution in [0.15, 0.2) is 48.5 Å². The molecule has 6 nitrogen and oxygen atoms in total. The van der Waals surface area contributed by atoms with Gasteiger partial charge in [0.1, 0.15) is 5.69 Å². The fourth-order valence-corrected chi connectivity index (χ4v) is 3.68. The van der Waals surface area contributed by atoms with E-state index in [0.29, 0.717) is 11.3 Å². The lowest BCUT2D eigenvalue weighted by Crippen LogP contribution is -2.27. The Hall–Kier alpha value is -3.14. The first-order valence-electron chi connectivity index (χ1n) is 9.21. The molecule has 0 fully saturated rings. The van der Waals surface area contributed by atoms with Gasteiger partial charge >= 0.3 is 6.18 Å². The number of fused-ring (bicyclic) bond motifs is 1. The van der Waals surface area contributed by atoms with E-state index in [1.54, 1.807) is 32.0 Å². The number of halogens is 3. The Morgan fingerprint density at radius 2 is 1.77 bits per heavy atom. The van der Waals surface area contributed by atoms with Crippen LogP contribution in [0.1, 0.15) is 40.1 Å². The highest BCUT2D eigenvalue weighted by atomic mass is 32.2. The zero-order chi connectivity index (χ0) is 23.0. The van der Waals surface area contributed by atoms with E-state index in [-0.39, 0.29) is 16.6 Å². The quantitative estimate of drug-likeness (QED) is 0.601. The van der Waals surface area contributed by atoms with Crippen LogP contribution in [-0.4, -0.2) is 25.6 Å². The van der Waals surface area contributed by atoms with Crippen molar-refractivity contribution in [3.8, 4) is 0 Å². The number of carbonyl (C=O) groups is 1. The predicted octanol–water partition coefficient (Wildman–Crippen LogP) is 4.42. The zero-order valence-electron chi connectivity index (χ0n) is 16.9. The molecule has 164 valence electrons. The van der Waals surface area contributed by atoms with Crippen molar-refractivity contribution in [2.24, 2.45) is 0 Å². The third kappa shape index (κ3) is 5.52. The van der Waals surface area contributed by atoms with Crippen LogP contribution in [0, 0.1) is 6.92 Å². The van der Waals surface area contributed by atoms with Crippen LogP contribution in [0.3, 0.4) is 0 Å². The summed E-state index contributed by atoms with van der Waals surface area (Å²) in [5.41, 5.74) is 1.45.